The SMILES string of the molecule is C=CCn1c(SCC(=O)Nc2ccc(I)cc2C)nnc1C1CC1. The van der Waals surface area contributed by atoms with Crippen molar-refractivity contribution < 1.29 is 4.79 Å². The molecular weight excluding hydrogens is 435 g/mol. The van der Waals surface area contributed by atoms with E-state index in [-0.39, 0.29) is 5.91 Å². The maximum Gasteiger partial charge on any atom is 0.234 e. The number of allylic oxidation sites excluding steroid dienone is 1. The Bertz CT molecular complexity index is 770. The molecule has 1 fully saturated rings. The number of carbonyl (C=O) groups excluding carboxylic acids is 1. The van der Waals surface area contributed by atoms with Crippen LogP contribution in [0.4, 0.5) is 5.69 Å². The number of nitrogens with one attached hydrogen (secondary N) is 1. The topological polar surface area (TPSA) is 59.8 Å². The molecule has 1 N–H and O–H groups in total. The number of hydrogen-bond acceptors (Lipinski definition) is 4. The van der Waals surface area contributed by atoms with Gasteiger partial charge in [-0.25, -0.2) is 0 Å². The first-order chi connectivity index (χ1) is 11.6. The summed E-state index contributed by atoms with van der Waals surface area (Å²) < 4.78 is 3.22. The van der Waals surface area contributed by atoms with Crippen LogP contribution in [0.2, 0.25) is 0 Å². The van der Waals surface area contributed by atoms with Gasteiger partial charge in [0, 0.05) is 21.7 Å². The van der Waals surface area contributed by atoms with Gasteiger partial charge >= 0.3 is 0 Å². The average Bonchev–Trinajstić information content (AvgIpc) is 3.31. The number of aromatic nitrogens is 3. The normalized spacial score (nSPS) is 13.8. The van der Waals surface area contributed by atoms with Crippen molar-refractivity contribution in [3.05, 3.63) is 45.8 Å². The number of anilines is 1. The molecule has 1 aliphatic carbocycles. The summed E-state index contributed by atoms with van der Waals surface area (Å²) in [4.78, 5) is 12.2. The van der Waals surface area contributed by atoms with Gasteiger partial charge in [0.2, 0.25) is 5.91 Å². The second-order valence-electron chi connectivity index (χ2n) is 5.81. The number of benzene rings is 1. The fourth-order valence-corrected chi connectivity index (χ4v) is 3.84. The number of aryl methyl sites for hydroxylation is 1. The van der Waals surface area contributed by atoms with E-state index in [9.17, 15) is 4.79 Å². The van der Waals surface area contributed by atoms with Crippen LogP contribution in [0, 0.1) is 10.5 Å². The van der Waals surface area contributed by atoms with Gasteiger partial charge in [-0.15, -0.1) is 16.8 Å². The first-order valence-electron chi connectivity index (χ1n) is 7.81. The zero-order chi connectivity index (χ0) is 17.1. The van der Waals surface area contributed by atoms with Gasteiger partial charge in [-0.1, -0.05) is 17.8 Å². The van der Waals surface area contributed by atoms with Crippen molar-refractivity contribution in [2.45, 2.75) is 37.4 Å². The summed E-state index contributed by atoms with van der Waals surface area (Å²) in [6.45, 7) is 6.47. The van der Waals surface area contributed by atoms with Crippen molar-refractivity contribution >= 4 is 45.9 Å². The van der Waals surface area contributed by atoms with Gasteiger partial charge in [0.1, 0.15) is 5.82 Å². The Morgan fingerprint density at radius 1 is 1.50 bits per heavy atom. The lowest BCUT2D eigenvalue weighted by molar-refractivity contribution is -0.113. The average molecular weight is 454 g/mol. The number of rotatable bonds is 7. The number of halogens is 1. The lowest BCUT2D eigenvalue weighted by Gasteiger charge is -2.09. The molecule has 2 aromatic rings. The summed E-state index contributed by atoms with van der Waals surface area (Å²) in [5.41, 5.74) is 1.92. The van der Waals surface area contributed by atoms with Crippen molar-refractivity contribution in [2.24, 2.45) is 0 Å². The molecule has 3 rings (SSSR count). The Balaban J connectivity index is 1.62. The smallest absolute Gasteiger partial charge is 0.234 e. The molecule has 0 unspecified atom stereocenters. The molecule has 0 spiro atoms. The summed E-state index contributed by atoms with van der Waals surface area (Å²) in [5.74, 6) is 1.82. The zero-order valence-corrected chi connectivity index (χ0v) is 16.4. The third-order valence-corrected chi connectivity index (χ3v) is 5.43. The number of thioether (sulfide) groups is 1. The molecule has 1 amide bonds. The molecule has 126 valence electrons. The molecule has 1 aromatic carbocycles. The monoisotopic (exact) mass is 454 g/mol. The zero-order valence-electron chi connectivity index (χ0n) is 13.5. The van der Waals surface area contributed by atoms with Gasteiger partial charge in [-0.3, -0.25) is 4.79 Å². The fourth-order valence-electron chi connectivity index (χ4n) is 2.43. The highest BCUT2D eigenvalue weighted by atomic mass is 127. The highest BCUT2D eigenvalue weighted by molar-refractivity contribution is 14.1. The van der Waals surface area contributed by atoms with Gasteiger partial charge in [-0.2, -0.15) is 0 Å². The minimum Gasteiger partial charge on any atom is -0.325 e. The van der Waals surface area contributed by atoms with Gasteiger partial charge in [0.25, 0.3) is 0 Å². The maximum atomic E-state index is 12.2. The molecule has 5 nitrogen and oxygen atoms in total. The van der Waals surface area contributed by atoms with E-state index in [0.717, 1.165) is 25.8 Å². The summed E-state index contributed by atoms with van der Waals surface area (Å²) in [5, 5.41) is 12.3. The molecule has 1 saturated carbocycles. The summed E-state index contributed by atoms with van der Waals surface area (Å²) in [6.07, 6.45) is 4.19. The van der Waals surface area contributed by atoms with Crippen LogP contribution in [0.5, 0.6) is 0 Å². The van der Waals surface area contributed by atoms with Crippen LogP contribution in [-0.4, -0.2) is 26.4 Å². The van der Waals surface area contributed by atoms with Crippen molar-refractivity contribution in [3.63, 3.8) is 0 Å². The van der Waals surface area contributed by atoms with E-state index in [4.69, 9.17) is 0 Å². The van der Waals surface area contributed by atoms with Crippen LogP contribution in [-0.2, 0) is 11.3 Å². The van der Waals surface area contributed by atoms with E-state index >= 15 is 0 Å². The maximum absolute atomic E-state index is 12.2. The van der Waals surface area contributed by atoms with E-state index in [1.54, 1.807) is 0 Å². The molecule has 1 heterocycles. The van der Waals surface area contributed by atoms with Crippen LogP contribution >= 0.6 is 34.4 Å². The number of amides is 1. The van der Waals surface area contributed by atoms with Crippen LogP contribution in [0.3, 0.4) is 0 Å². The van der Waals surface area contributed by atoms with E-state index in [1.165, 1.54) is 24.6 Å². The molecule has 1 aliphatic rings. The molecule has 7 heteroatoms. The molecule has 0 radical (unpaired) electrons. The molecular formula is C17H19IN4OS. The minimum atomic E-state index is -0.0366. The first-order valence-corrected chi connectivity index (χ1v) is 9.87. The summed E-state index contributed by atoms with van der Waals surface area (Å²) >= 11 is 3.68. The highest BCUT2D eigenvalue weighted by Gasteiger charge is 2.30. The van der Waals surface area contributed by atoms with Crippen molar-refractivity contribution in [1.82, 2.24) is 14.8 Å². The predicted molar refractivity (Wildman–Crippen MR) is 105 cm³/mol. The standard InChI is InChI=1S/C17H19IN4OS/c1-3-8-22-16(12-4-5-12)20-21-17(22)24-10-15(23)19-14-7-6-13(18)9-11(14)2/h3,6-7,9,12H,1,4-5,8,10H2,2H3,(H,19,23). The molecule has 0 atom stereocenters. The predicted octanol–water partition coefficient (Wildman–Crippen LogP) is 3.99. The largest absolute Gasteiger partial charge is 0.325 e. The molecule has 0 saturated heterocycles. The van der Waals surface area contributed by atoms with Gasteiger partial charge < -0.3 is 9.88 Å². The second-order valence-corrected chi connectivity index (χ2v) is 8.00. The quantitative estimate of drug-likeness (QED) is 0.391. The Hall–Kier alpha value is -1.35. The lowest BCUT2D eigenvalue weighted by atomic mass is 10.2. The van der Waals surface area contributed by atoms with Crippen LogP contribution in [0.25, 0.3) is 0 Å². The number of carbonyl (C=O) groups is 1. The van der Waals surface area contributed by atoms with Crippen molar-refractivity contribution in [2.75, 3.05) is 11.1 Å². The number of hydrogen-bond donors (Lipinski definition) is 1. The second kappa shape index (κ2) is 7.69. The molecule has 1 aromatic heterocycles. The Morgan fingerprint density at radius 3 is 2.96 bits per heavy atom. The fraction of sp³-hybridized carbons (Fsp3) is 0.353. The van der Waals surface area contributed by atoms with Crippen LogP contribution in [0.1, 0.15) is 30.1 Å². The minimum absolute atomic E-state index is 0.0366. The van der Waals surface area contributed by atoms with Crippen molar-refractivity contribution in [3.8, 4) is 0 Å². The van der Waals surface area contributed by atoms with E-state index < -0.39 is 0 Å². The Kier molecular flexibility index (Phi) is 5.60. The van der Waals surface area contributed by atoms with Crippen LogP contribution < -0.4 is 5.32 Å². The Morgan fingerprint density at radius 2 is 2.29 bits per heavy atom. The highest BCUT2D eigenvalue weighted by Crippen LogP contribution is 2.40. The molecule has 24 heavy (non-hydrogen) atoms. The summed E-state index contributed by atoms with van der Waals surface area (Å²) in [6, 6.07) is 5.97. The van der Waals surface area contributed by atoms with E-state index in [0.29, 0.717) is 18.2 Å². The first kappa shape index (κ1) is 17.5. The third kappa shape index (κ3) is 4.18. The van der Waals surface area contributed by atoms with Gasteiger partial charge in [0.15, 0.2) is 5.16 Å². The lowest BCUT2D eigenvalue weighted by Crippen LogP contribution is -2.15. The number of nitrogens with zero attached hydrogens (tertiary/aromatic N) is 3. The van der Waals surface area contributed by atoms with Gasteiger partial charge in [0.05, 0.1) is 5.75 Å². The summed E-state index contributed by atoms with van der Waals surface area (Å²) in [7, 11) is 0. The van der Waals surface area contributed by atoms with Gasteiger partial charge in [-0.05, 0) is 66.1 Å². The molecule has 0 bridgehead atoms. The van der Waals surface area contributed by atoms with E-state index in [2.05, 4.69) is 49.3 Å². The van der Waals surface area contributed by atoms with Crippen LogP contribution in [0.15, 0.2) is 36.0 Å². The molecule has 0 aliphatic heterocycles. The Labute approximate surface area is 159 Å². The third-order valence-electron chi connectivity index (χ3n) is 3.79. The van der Waals surface area contributed by atoms with Crippen molar-refractivity contribution in [1.29, 1.82) is 0 Å². The van der Waals surface area contributed by atoms with E-state index in [1.807, 2.05) is 31.2 Å².